The monoisotopic (exact) mass is 409 g/mol. The molecule has 0 bridgehead atoms. The number of sulfonamides is 1. The number of pyridine rings is 1. The number of hydrogen-bond acceptors (Lipinski definition) is 4. The quantitative estimate of drug-likeness (QED) is 0.670. The molecule has 3 aromatic rings. The van der Waals surface area contributed by atoms with Gasteiger partial charge in [-0.1, -0.05) is 11.6 Å². The number of aryl methyl sites for hydroxylation is 3. The lowest BCUT2D eigenvalue weighted by Crippen LogP contribution is -2.25. The van der Waals surface area contributed by atoms with Gasteiger partial charge in [-0.2, -0.15) is 0 Å². The van der Waals surface area contributed by atoms with Gasteiger partial charge >= 0.3 is 0 Å². The second-order valence-corrected chi connectivity index (χ2v) is 9.38. The lowest BCUT2D eigenvalue weighted by Gasteiger charge is -2.12. The summed E-state index contributed by atoms with van der Waals surface area (Å²) >= 11 is 0. The van der Waals surface area contributed by atoms with E-state index < -0.39 is 10.0 Å². The number of benzene rings is 2. The topological polar surface area (TPSA) is 88.2 Å². The summed E-state index contributed by atoms with van der Waals surface area (Å²) in [5, 5.41) is 3.84. The number of hydrogen-bond donors (Lipinski definition) is 2. The van der Waals surface area contributed by atoms with E-state index in [1.165, 1.54) is 24.3 Å². The van der Waals surface area contributed by atoms with Gasteiger partial charge in [0, 0.05) is 22.7 Å². The average molecular weight is 410 g/mol. The number of nitrogens with zero attached hydrogens (tertiary/aromatic N) is 1. The summed E-state index contributed by atoms with van der Waals surface area (Å²) in [5.74, 6) is -0.296. The maximum absolute atomic E-state index is 12.8. The van der Waals surface area contributed by atoms with Crippen molar-refractivity contribution >= 4 is 32.5 Å². The number of rotatable bonds is 5. The Hall–Kier alpha value is -2.77. The van der Waals surface area contributed by atoms with Gasteiger partial charge in [-0.3, -0.25) is 9.78 Å². The van der Waals surface area contributed by atoms with Gasteiger partial charge in [0.15, 0.2) is 0 Å². The molecule has 1 aromatic heterocycles. The van der Waals surface area contributed by atoms with Crippen LogP contribution in [-0.4, -0.2) is 25.4 Å². The van der Waals surface area contributed by atoms with E-state index in [1.54, 1.807) is 0 Å². The fourth-order valence-electron chi connectivity index (χ4n) is 3.38. The fraction of sp³-hybridized carbons (Fsp3) is 0.273. The average Bonchev–Trinajstić information content (AvgIpc) is 3.46. The SMILES string of the molecule is Cc1cc(C)c2nc(C)cc(NC(=O)c3ccc(S(=O)(=O)NC4CC4)cc3)c2c1. The second kappa shape index (κ2) is 7.24. The standard InChI is InChI=1S/C22H23N3O3S/c1-13-10-14(2)21-19(11-13)20(12-15(3)23-21)24-22(26)16-4-8-18(9-5-16)29(27,28)25-17-6-7-17/h4-5,8-12,17,25H,6-7H2,1-3H3,(H,23,24,26). The predicted molar refractivity (Wildman–Crippen MR) is 114 cm³/mol. The van der Waals surface area contributed by atoms with Crippen LogP contribution in [0.5, 0.6) is 0 Å². The fourth-order valence-corrected chi connectivity index (χ4v) is 4.69. The summed E-state index contributed by atoms with van der Waals surface area (Å²) in [7, 11) is -3.53. The number of aromatic nitrogens is 1. The Bertz CT molecular complexity index is 1210. The zero-order chi connectivity index (χ0) is 20.8. The Balaban J connectivity index is 1.61. The van der Waals surface area contributed by atoms with Crippen LogP contribution in [0.3, 0.4) is 0 Å². The molecular formula is C22H23N3O3S. The Kier molecular flexibility index (Phi) is 4.88. The molecule has 0 spiro atoms. The van der Waals surface area contributed by atoms with Crippen molar-refractivity contribution in [1.29, 1.82) is 0 Å². The lowest BCUT2D eigenvalue weighted by molar-refractivity contribution is 0.102. The van der Waals surface area contributed by atoms with Crippen molar-refractivity contribution in [3.63, 3.8) is 0 Å². The van der Waals surface area contributed by atoms with Gasteiger partial charge in [0.05, 0.1) is 16.1 Å². The minimum atomic E-state index is -3.53. The molecule has 0 unspecified atom stereocenters. The van der Waals surface area contributed by atoms with E-state index in [2.05, 4.69) is 21.1 Å². The first-order chi connectivity index (χ1) is 13.7. The normalized spacial score (nSPS) is 14.2. The van der Waals surface area contributed by atoms with Crippen LogP contribution < -0.4 is 10.0 Å². The molecule has 1 aliphatic rings. The summed E-state index contributed by atoms with van der Waals surface area (Å²) in [6.07, 6.45) is 1.75. The van der Waals surface area contributed by atoms with Gasteiger partial charge in [-0.05, 0) is 75.6 Å². The number of carbonyl (C=O) groups excluding carboxylic acids is 1. The third kappa shape index (κ3) is 4.16. The summed E-state index contributed by atoms with van der Waals surface area (Å²) in [5.41, 5.74) is 4.90. The minimum absolute atomic E-state index is 0.0399. The van der Waals surface area contributed by atoms with Crippen LogP contribution in [0.4, 0.5) is 5.69 Å². The van der Waals surface area contributed by atoms with Crippen LogP contribution >= 0.6 is 0 Å². The highest BCUT2D eigenvalue weighted by atomic mass is 32.2. The smallest absolute Gasteiger partial charge is 0.255 e. The van der Waals surface area contributed by atoms with E-state index in [0.717, 1.165) is 40.6 Å². The molecule has 0 radical (unpaired) electrons. The van der Waals surface area contributed by atoms with Crippen LogP contribution in [0.25, 0.3) is 10.9 Å². The van der Waals surface area contributed by atoms with Gasteiger partial charge in [-0.25, -0.2) is 13.1 Å². The van der Waals surface area contributed by atoms with Crippen LogP contribution in [0.2, 0.25) is 0 Å². The van der Waals surface area contributed by atoms with E-state index in [1.807, 2.05) is 32.9 Å². The Morgan fingerprint density at radius 1 is 1.03 bits per heavy atom. The highest BCUT2D eigenvalue weighted by Crippen LogP contribution is 2.28. The molecule has 7 heteroatoms. The lowest BCUT2D eigenvalue weighted by atomic mass is 10.0. The van der Waals surface area contributed by atoms with E-state index in [9.17, 15) is 13.2 Å². The number of anilines is 1. The summed E-state index contributed by atoms with van der Waals surface area (Å²) in [6, 6.07) is 11.9. The van der Waals surface area contributed by atoms with E-state index in [-0.39, 0.29) is 16.8 Å². The van der Waals surface area contributed by atoms with Crippen molar-refractivity contribution in [2.45, 2.75) is 44.6 Å². The van der Waals surface area contributed by atoms with Crippen molar-refractivity contribution in [3.8, 4) is 0 Å². The molecule has 1 aliphatic carbocycles. The highest BCUT2D eigenvalue weighted by molar-refractivity contribution is 7.89. The molecule has 0 saturated heterocycles. The number of nitrogens with one attached hydrogen (secondary N) is 2. The van der Waals surface area contributed by atoms with Gasteiger partial charge in [-0.15, -0.1) is 0 Å². The van der Waals surface area contributed by atoms with Gasteiger partial charge < -0.3 is 5.32 Å². The Labute approximate surface area is 170 Å². The number of carbonyl (C=O) groups is 1. The van der Waals surface area contributed by atoms with E-state index in [0.29, 0.717) is 11.3 Å². The molecule has 4 rings (SSSR count). The largest absolute Gasteiger partial charge is 0.321 e. The predicted octanol–water partition coefficient (Wildman–Crippen LogP) is 3.85. The van der Waals surface area contributed by atoms with Crippen molar-refractivity contribution in [2.24, 2.45) is 0 Å². The third-order valence-electron chi connectivity index (χ3n) is 4.95. The molecule has 0 atom stereocenters. The van der Waals surface area contributed by atoms with E-state index in [4.69, 9.17) is 0 Å². The first-order valence-electron chi connectivity index (χ1n) is 9.55. The van der Waals surface area contributed by atoms with Gasteiger partial charge in [0.1, 0.15) is 0 Å². The highest BCUT2D eigenvalue weighted by Gasteiger charge is 2.28. The third-order valence-corrected chi connectivity index (χ3v) is 6.49. The Morgan fingerprint density at radius 2 is 1.72 bits per heavy atom. The van der Waals surface area contributed by atoms with Crippen molar-refractivity contribution < 1.29 is 13.2 Å². The van der Waals surface area contributed by atoms with Crippen molar-refractivity contribution in [2.75, 3.05) is 5.32 Å². The van der Waals surface area contributed by atoms with Gasteiger partial charge in [0.2, 0.25) is 10.0 Å². The summed E-state index contributed by atoms with van der Waals surface area (Å²) < 4.78 is 27.2. The molecule has 1 heterocycles. The summed E-state index contributed by atoms with van der Waals surface area (Å²) in [6.45, 7) is 5.90. The second-order valence-electron chi connectivity index (χ2n) is 7.66. The van der Waals surface area contributed by atoms with Crippen molar-refractivity contribution in [3.05, 3.63) is 64.8 Å². The van der Waals surface area contributed by atoms with Crippen LogP contribution in [0, 0.1) is 20.8 Å². The molecule has 2 aromatic carbocycles. The molecule has 150 valence electrons. The molecule has 1 saturated carbocycles. The first-order valence-corrected chi connectivity index (χ1v) is 11.0. The number of fused-ring (bicyclic) bond motifs is 1. The maximum atomic E-state index is 12.8. The van der Waals surface area contributed by atoms with Crippen LogP contribution in [0.15, 0.2) is 47.4 Å². The minimum Gasteiger partial charge on any atom is -0.321 e. The molecule has 1 fully saturated rings. The van der Waals surface area contributed by atoms with Crippen LogP contribution in [-0.2, 0) is 10.0 Å². The maximum Gasteiger partial charge on any atom is 0.255 e. The zero-order valence-corrected chi connectivity index (χ0v) is 17.4. The molecule has 2 N–H and O–H groups in total. The molecule has 0 aliphatic heterocycles. The van der Waals surface area contributed by atoms with E-state index >= 15 is 0 Å². The molecule has 6 nitrogen and oxygen atoms in total. The Morgan fingerprint density at radius 3 is 2.38 bits per heavy atom. The zero-order valence-electron chi connectivity index (χ0n) is 16.6. The van der Waals surface area contributed by atoms with Crippen LogP contribution in [0.1, 0.15) is 40.0 Å². The molecular weight excluding hydrogens is 386 g/mol. The summed E-state index contributed by atoms with van der Waals surface area (Å²) in [4.78, 5) is 17.6. The molecule has 1 amide bonds. The molecule has 29 heavy (non-hydrogen) atoms. The van der Waals surface area contributed by atoms with Crippen molar-refractivity contribution in [1.82, 2.24) is 9.71 Å². The number of amides is 1. The van der Waals surface area contributed by atoms with Gasteiger partial charge in [0.25, 0.3) is 5.91 Å². The first kappa shape index (κ1) is 19.5.